The molecule has 0 aliphatic rings. The summed E-state index contributed by atoms with van der Waals surface area (Å²) in [6.07, 6.45) is -2.25. The van der Waals surface area contributed by atoms with Crippen molar-refractivity contribution in [3.63, 3.8) is 0 Å². The van der Waals surface area contributed by atoms with Gasteiger partial charge in [0.25, 0.3) is 0 Å². The summed E-state index contributed by atoms with van der Waals surface area (Å²) in [6, 6.07) is 14.9. The number of benzene rings is 2. The molecule has 6 N–H and O–H groups in total. The van der Waals surface area contributed by atoms with Crippen molar-refractivity contribution >= 4 is 49.3 Å². The van der Waals surface area contributed by atoms with E-state index >= 15 is 0 Å². The number of nitrogens with two attached hydrogens (primary N) is 2. The Morgan fingerprint density at radius 3 is 1.62 bits per heavy atom. The van der Waals surface area contributed by atoms with Crippen LogP contribution in [-0.4, -0.2) is 40.2 Å². The first kappa shape index (κ1) is 26.9. The lowest BCUT2D eigenvalue weighted by atomic mass is 10.0. The van der Waals surface area contributed by atoms with Gasteiger partial charge in [0, 0.05) is 6.42 Å². The zero-order valence-corrected chi connectivity index (χ0v) is 19.8. The highest BCUT2D eigenvalue weighted by Gasteiger charge is 2.41. The molecule has 0 radical (unpaired) electrons. The average Bonchev–Trinajstić information content (AvgIpc) is 2.80. The zero-order chi connectivity index (χ0) is 25.1. The van der Waals surface area contributed by atoms with Crippen molar-refractivity contribution in [1.29, 1.82) is 0 Å². The number of nitrogens with one attached hydrogen (secondary N) is 2. The lowest BCUT2D eigenvalue weighted by Crippen LogP contribution is -2.58. The Kier molecular flexibility index (Phi) is 10.1. The molecule has 0 spiro atoms. The number of carbonyl (C=O) groups excluding carboxylic acids is 4. The van der Waals surface area contributed by atoms with E-state index in [0.717, 1.165) is 11.1 Å². The molecule has 0 bridgehead atoms. The number of hydrogen-bond donors (Lipinski definition) is 6. The van der Waals surface area contributed by atoms with Crippen LogP contribution < -0.4 is 22.1 Å². The fraction of sp³-hybridized carbons (Fsp3) is 0.273. The molecular formula is C22H26N4O6S2. The summed E-state index contributed by atoms with van der Waals surface area (Å²) >= 11 is 8.59. The van der Waals surface area contributed by atoms with Crippen molar-refractivity contribution in [2.45, 2.75) is 35.8 Å². The van der Waals surface area contributed by atoms with Crippen molar-refractivity contribution in [3.8, 4) is 0 Å². The highest BCUT2D eigenvalue weighted by Crippen LogP contribution is 2.30. The van der Waals surface area contributed by atoms with Crippen LogP contribution in [0.15, 0.2) is 60.7 Å². The molecule has 2 rings (SSSR count). The van der Waals surface area contributed by atoms with Crippen LogP contribution in [0, 0.1) is 0 Å². The normalized spacial score (nSPS) is 12.6. The number of amides is 4. The molecule has 0 aromatic heterocycles. The molecule has 2 aromatic rings. The van der Waals surface area contributed by atoms with Crippen LogP contribution in [0.1, 0.15) is 17.5 Å². The molecule has 2 atom stereocenters. The maximum absolute atomic E-state index is 12.2. The van der Waals surface area contributed by atoms with Gasteiger partial charge in [0.15, 0.2) is 0 Å². The van der Waals surface area contributed by atoms with Gasteiger partial charge in [-0.1, -0.05) is 60.7 Å². The third-order valence-electron chi connectivity index (χ3n) is 4.57. The number of hydrogen-bond acceptors (Lipinski definition) is 8. The van der Waals surface area contributed by atoms with E-state index in [0.29, 0.717) is 0 Å². The molecule has 2 unspecified atom stereocenters. The van der Waals surface area contributed by atoms with Gasteiger partial charge >= 0.3 is 12.2 Å². The quantitative estimate of drug-likeness (QED) is 0.200. The van der Waals surface area contributed by atoms with Gasteiger partial charge in [-0.15, -0.1) is 0 Å². The fourth-order valence-electron chi connectivity index (χ4n) is 2.85. The van der Waals surface area contributed by atoms with Gasteiger partial charge in [-0.25, -0.2) is 9.59 Å². The largest absolute Gasteiger partial charge is 0.445 e. The minimum absolute atomic E-state index is 0.0379. The summed E-state index contributed by atoms with van der Waals surface area (Å²) in [4.78, 5) is 48.3. The SMILES string of the molecule is NC(=O)C(CC(S)(S)C(NC(=O)OCc1ccccc1)C(N)=O)NC(=O)OCc1ccccc1. The third kappa shape index (κ3) is 8.87. The van der Waals surface area contributed by atoms with E-state index in [1.807, 2.05) is 12.1 Å². The number of ether oxygens (including phenoxy) is 2. The van der Waals surface area contributed by atoms with Gasteiger partial charge in [-0.05, 0) is 11.1 Å². The van der Waals surface area contributed by atoms with Crippen LogP contribution in [-0.2, 0) is 32.3 Å². The molecule has 4 amide bonds. The first-order chi connectivity index (χ1) is 16.1. The summed E-state index contributed by atoms with van der Waals surface area (Å²) in [5.41, 5.74) is 12.3. The lowest BCUT2D eigenvalue weighted by molar-refractivity contribution is -0.122. The molecule has 12 heteroatoms. The second kappa shape index (κ2) is 12.8. The van der Waals surface area contributed by atoms with Crippen molar-refractivity contribution < 1.29 is 28.7 Å². The minimum Gasteiger partial charge on any atom is -0.445 e. The van der Waals surface area contributed by atoms with Crippen molar-refractivity contribution in [3.05, 3.63) is 71.8 Å². The molecule has 10 nitrogen and oxygen atoms in total. The van der Waals surface area contributed by atoms with Crippen LogP contribution >= 0.6 is 25.3 Å². The smallest absolute Gasteiger partial charge is 0.408 e. The van der Waals surface area contributed by atoms with Crippen molar-refractivity contribution in [2.24, 2.45) is 11.5 Å². The van der Waals surface area contributed by atoms with E-state index in [1.54, 1.807) is 48.5 Å². The highest BCUT2D eigenvalue weighted by atomic mass is 32.2. The van der Waals surface area contributed by atoms with E-state index < -0.39 is 40.2 Å². The van der Waals surface area contributed by atoms with Gasteiger partial charge in [0.1, 0.15) is 25.3 Å². The molecule has 0 aliphatic carbocycles. The second-order valence-electron chi connectivity index (χ2n) is 7.29. The van der Waals surface area contributed by atoms with Gasteiger partial charge < -0.3 is 31.6 Å². The van der Waals surface area contributed by atoms with Crippen LogP contribution in [0.5, 0.6) is 0 Å². The first-order valence-electron chi connectivity index (χ1n) is 10.1. The summed E-state index contributed by atoms with van der Waals surface area (Å²) in [7, 11) is 0. The Labute approximate surface area is 207 Å². The van der Waals surface area contributed by atoms with Crippen LogP contribution in [0.2, 0.25) is 0 Å². The zero-order valence-electron chi connectivity index (χ0n) is 18.0. The summed E-state index contributed by atoms with van der Waals surface area (Å²) in [6.45, 7) is -0.0905. The highest BCUT2D eigenvalue weighted by molar-refractivity contribution is 8.00. The Bertz CT molecular complexity index is 991. The first-order valence-corrected chi connectivity index (χ1v) is 11.0. The predicted molar refractivity (Wildman–Crippen MR) is 131 cm³/mol. The van der Waals surface area contributed by atoms with E-state index in [9.17, 15) is 19.2 Å². The van der Waals surface area contributed by atoms with Crippen LogP contribution in [0.25, 0.3) is 0 Å². The van der Waals surface area contributed by atoms with E-state index in [2.05, 4.69) is 35.9 Å². The van der Waals surface area contributed by atoms with E-state index in [-0.39, 0.29) is 19.6 Å². The van der Waals surface area contributed by atoms with Crippen LogP contribution in [0.3, 0.4) is 0 Å². The molecule has 182 valence electrons. The molecule has 34 heavy (non-hydrogen) atoms. The van der Waals surface area contributed by atoms with Crippen molar-refractivity contribution in [1.82, 2.24) is 10.6 Å². The predicted octanol–water partition coefficient (Wildman–Crippen LogP) is 1.49. The molecule has 2 aromatic carbocycles. The average molecular weight is 507 g/mol. The minimum atomic E-state index is -1.69. The standard InChI is InChI=1S/C22H26N4O6S2/c23-18(27)16(25-20(29)31-12-14-7-3-1-4-8-14)11-22(33,34)17(19(24)28)26-21(30)32-13-15-9-5-2-6-10-15/h1-10,16-17,33-34H,11-13H2,(H2,23,27)(H2,24,28)(H,25,29)(H,26,30). The number of thiol groups is 2. The Morgan fingerprint density at radius 2 is 1.21 bits per heavy atom. The summed E-state index contributed by atoms with van der Waals surface area (Å²) in [5, 5.41) is 4.59. The molecule has 0 saturated heterocycles. The molecule has 0 heterocycles. The molecule has 0 saturated carbocycles. The topological polar surface area (TPSA) is 163 Å². The van der Waals surface area contributed by atoms with Gasteiger partial charge in [0.2, 0.25) is 11.8 Å². The number of alkyl carbamates (subject to hydrolysis) is 2. The third-order valence-corrected chi connectivity index (χ3v) is 5.46. The van der Waals surface area contributed by atoms with Gasteiger partial charge in [-0.3, -0.25) is 9.59 Å². The Hall–Kier alpha value is -3.38. The lowest BCUT2D eigenvalue weighted by Gasteiger charge is -2.33. The fourth-order valence-corrected chi connectivity index (χ4v) is 3.59. The maximum Gasteiger partial charge on any atom is 0.408 e. The van der Waals surface area contributed by atoms with Crippen LogP contribution in [0.4, 0.5) is 9.59 Å². The van der Waals surface area contributed by atoms with E-state index in [1.165, 1.54) is 0 Å². The Morgan fingerprint density at radius 1 is 0.765 bits per heavy atom. The number of primary amides is 2. The van der Waals surface area contributed by atoms with E-state index in [4.69, 9.17) is 20.9 Å². The summed E-state index contributed by atoms with van der Waals surface area (Å²) in [5.74, 6) is -1.92. The number of carbonyl (C=O) groups is 4. The maximum atomic E-state index is 12.2. The summed E-state index contributed by atoms with van der Waals surface area (Å²) < 4.78 is 8.48. The number of rotatable bonds is 11. The monoisotopic (exact) mass is 506 g/mol. The second-order valence-corrected chi connectivity index (χ2v) is 9.23. The molecule has 0 fully saturated rings. The Balaban J connectivity index is 1.97. The van der Waals surface area contributed by atoms with Gasteiger partial charge in [0.05, 0.1) is 4.08 Å². The van der Waals surface area contributed by atoms with Gasteiger partial charge in [-0.2, -0.15) is 25.3 Å². The molecule has 0 aliphatic heterocycles. The molecular weight excluding hydrogens is 480 g/mol. The van der Waals surface area contributed by atoms with Crippen molar-refractivity contribution in [2.75, 3.05) is 0 Å².